The van der Waals surface area contributed by atoms with E-state index in [0.29, 0.717) is 72.5 Å². The standard InChI is InChI=1S/C56H64F4N10O7/c1-7-56(4,66-55(74)76-6)53(72)69-20-12-16-46(69)51-62-40-26-34(36(58)28-42(40)64-51)44-18-17-43(70(44)32-23-37(59)49(38(60)24-32)67-21-22-77-47(29-67)31-13-9-8-10-14-31)33-25-39-41(27-35(33)57)63-50(61-39)45-15-11-19-68(45)52(71)48(30(2)3)65-54(73)75-5/h8-10,13-14,23-28,30,43-48H,7,11-12,15-22,29H2,1-6H3,(H,61,63)(H,62,64)(H,65,73)(H,66,74)/t43-,44-,45+,46+,47-,48+,56+/m1/s1. The van der Waals surface area contributed by atoms with Crippen molar-refractivity contribution >= 4 is 57.4 Å². The van der Waals surface area contributed by atoms with E-state index in [9.17, 15) is 19.2 Å². The van der Waals surface area contributed by atoms with Gasteiger partial charge in [-0.15, -0.1) is 0 Å². The molecule has 4 aromatic carbocycles. The molecular formula is C56H64F4N10O7. The molecule has 0 bridgehead atoms. The van der Waals surface area contributed by atoms with Gasteiger partial charge in [0.05, 0.1) is 67.1 Å². The van der Waals surface area contributed by atoms with Gasteiger partial charge in [0, 0.05) is 55.1 Å². The molecule has 10 rings (SSSR count). The Morgan fingerprint density at radius 2 is 1.30 bits per heavy atom. The minimum absolute atomic E-state index is 0.0683. The molecule has 6 aromatic rings. The third-order valence-electron chi connectivity index (χ3n) is 16.0. The molecule has 2 aromatic heterocycles. The van der Waals surface area contributed by atoms with Crippen LogP contribution in [0.5, 0.6) is 0 Å². The number of ether oxygens (including phenoxy) is 3. The van der Waals surface area contributed by atoms with Crippen molar-refractivity contribution in [3.8, 4) is 0 Å². The van der Waals surface area contributed by atoms with Gasteiger partial charge in [0.25, 0.3) is 0 Å². The predicted octanol–water partition coefficient (Wildman–Crippen LogP) is 9.89. The number of alkyl carbamates (subject to hydrolysis) is 2. The molecule has 4 saturated heterocycles. The molecule has 6 heterocycles. The third-order valence-corrected chi connectivity index (χ3v) is 16.0. The van der Waals surface area contributed by atoms with E-state index in [4.69, 9.17) is 24.2 Å². The molecule has 7 atom stereocenters. The van der Waals surface area contributed by atoms with Gasteiger partial charge in [-0.1, -0.05) is 51.1 Å². The summed E-state index contributed by atoms with van der Waals surface area (Å²) in [4.78, 5) is 75.4. The molecule has 0 spiro atoms. The van der Waals surface area contributed by atoms with Crippen LogP contribution in [0.1, 0.15) is 131 Å². The summed E-state index contributed by atoms with van der Waals surface area (Å²) in [6, 6.07) is 14.1. The molecule has 0 saturated carbocycles. The fourth-order valence-electron chi connectivity index (χ4n) is 11.8. The van der Waals surface area contributed by atoms with Gasteiger partial charge in [-0.25, -0.2) is 37.1 Å². The van der Waals surface area contributed by atoms with Crippen molar-refractivity contribution in [3.05, 3.63) is 118 Å². The van der Waals surface area contributed by atoms with E-state index in [-0.39, 0.29) is 79.2 Å². The molecule has 21 heteroatoms. The largest absolute Gasteiger partial charge is 0.453 e. The summed E-state index contributed by atoms with van der Waals surface area (Å²) in [5, 5.41) is 5.33. The second kappa shape index (κ2) is 21.5. The van der Waals surface area contributed by atoms with E-state index in [0.717, 1.165) is 5.56 Å². The molecular weight excluding hydrogens is 1000 g/mol. The SMILES string of the molecule is CC[C@](C)(NC(=O)OC)C(=O)N1CCC[C@H]1c1nc2cc(F)c([C@H]3CC[C@H](c4cc5[nH]c([C@@H]6CCCN6C(=O)[C@@H](NC(=O)OC)C(C)C)nc5cc4F)N3c3cc(F)c(N4CCO[C@@H](c5ccccc5)C4)c(F)c3)cc2[nH]1. The number of morpholine rings is 1. The van der Waals surface area contributed by atoms with Crippen LogP contribution in [-0.4, -0.2) is 112 Å². The van der Waals surface area contributed by atoms with Crippen molar-refractivity contribution in [1.29, 1.82) is 0 Å². The zero-order valence-corrected chi connectivity index (χ0v) is 43.9. The van der Waals surface area contributed by atoms with E-state index in [1.54, 1.807) is 45.6 Å². The Bertz CT molecular complexity index is 3190. The Balaban J connectivity index is 1.01. The highest BCUT2D eigenvalue weighted by Gasteiger charge is 2.44. The molecule has 4 fully saturated rings. The van der Waals surface area contributed by atoms with E-state index < -0.39 is 77.3 Å². The maximum atomic E-state index is 17.0. The summed E-state index contributed by atoms with van der Waals surface area (Å²) < 4.78 is 83.4. The maximum Gasteiger partial charge on any atom is 0.407 e. The van der Waals surface area contributed by atoms with Crippen LogP contribution in [0.25, 0.3) is 22.1 Å². The Labute approximate surface area is 443 Å². The maximum absolute atomic E-state index is 17.0. The van der Waals surface area contributed by atoms with Gasteiger partial charge in [0.2, 0.25) is 11.8 Å². The van der Waals surface area contributed by atoms with Crippen LogP contribution in [0.15, 0.2) is 66.7 Å². The number of likely N-dealkylation sites (tertiary alicyclic amines) is 2. The van der Waals surface area contributed by atoms with Crippen LogP contribution in [0, 0.1) is 29.2 Å². The third kappa shape index (κ3) is 10.1. The number of aromatic nitrogens is 4. The number of carbonyl (C=O) groups excluding carboxylic acids is 4. The lowest BCUT2D eigenvalue weighted by Gasteiger charge is -2.36. The number of methoxy groups -OCH3 is 2. The molecule has 4 amide bonds. The smallest absolute Gasteiger partial charge is 0.407 e. The van der Waals surface area contributed by atoms with Crippen molar-refractivity contribution in [2.45, 2.75) is 114 Å². The molecule has 4 aliphatic heterocycles. The number of halogens is 4. The molecule has 0 aliphatic carbocycles. The first-order valence-corrected chi connectivity index (χ1v) is 26.4. The van der Waals surface area contributed by atoms with E-state index in [1.165, 1.54) is 38.5 Å². The molecule has 0 radical (unpaired) electrons. The second-order valence-corrected chi connectivity index (χ2v) is 21.0. The number of rotatable bonds is 13. The van der Waals surface area contributed by atoms with Gasteiger partial charge in [-0.2, -0.15) is 0 Å². The van der Waals surface area contributed by atoms with Crippen molar-refractivity contribution in [2.24, 2.45) is 5.92 Å². The lowest BCUT2D eigenvalue weighted by molar-refractivity contribution is -0.139. The van der Waals surface area contributed by atoms with Crippen LogP contribution in [0.2, 0.25) is 0 Å². The lowest BCUT2D eigenvalue weighted by atomic mass is 9.96. The Morgan fingerprint density at radius 3 is 1.84 bits per heavy atom. The highest BCUT2D eigenvalue weighted by atomic mass is 19.1. The van der Waals surface area contributed by atoms with Crippen molar-refractivity contribution in [2.75, 3.05) is 56.8 Å². The van der Waals surface area contributed by atoms with E-state index in [1.807, 2.05) is 44.2 Å². The van der Waals surface area contributed by atoms with Crippen LogP contribution in [-0.2, 0) is 23.8 Å². The first-order valence-electron chi connectivity index (χ1n) is 26.4. The average Bonchev–Trinajstić information content (AvgIpc) is 4.31. The second-order valence-electron chi connectivity index (χ2n) is 21.0. The number of nitrogens with one attached hydrogen (secondary N) is 4. The molecule has 4 aliphatic rings. The summed E-state index contributed by atoms with van der Waals surface area (Å²) in [6.07, 6.45) is 1.31. The highest BCUT2D eigenvalue weighted by Crippen LogP contribution is 2.50. The summed E-state index contributed by atoms with van der Waals surface area (Å²) in [6.45, 7) is 8.52. The van der Waals surface area contributed by atoms with Crippen LogP contribution in [0.3, 0.4) is 0 Å². The fourth-order valence-corrected chi connectivity index (χ4v) is 11.8. The number of aromatic amines is 2. The van der Waals surface area contributed by atoms with Gasteiger partial charge in [0.15, 0.2) is 11.6 Å². The minimum atomic E-state index is -1.27. The summed E-state index contributed by atoms with van der Waals surface area (Å²) >= 11 is 0. The first kappa shape index (κ1) is 53.0. The summed E-state index contributed by atoms with van der Waals surface area (Å²) in [7, 11) is 2.45. The number of benzene rings is 4. The number of anilines is 2. The summed E-state index contributed by atoms with van der Waals surface area (Å²) in [5.41, 5.74) is 1.29. The number of fused-ring (bicyclic) bond motifs is 2. The number of hydrogen-bond acceptors (Lipinski definition) is 11. The molecule has 77 heavy (non-hydrogen) atoms. The number of hydrogen-bond donors (Lipinski definition) is 4. The number of nitrogens with zero attached hydrogens (tertiary/aromatic N) is 6. The Morgan fingerprint density at radius 1 is 0.740 bits per heavy atom. The number of imidazole rings is 2. The van der Waals surface area contributed by atoms with Gasteiger partial charge in [0.1, 0.15) is 46.7 Å². The number of amides is 4. The topological polar surface area (TPSA) is 190 Å². The van der Waals surface area contributed by atoms with Gasteiger partial charge in [-0.3, -0.25) is 9.59 Å². The van der Waals surface area contributed by atoms with Crippen LogP contribution in [0.4, 0.5) is 38.5 Å². The van der Waals surface area contributed by atoms with E-state index >= 15 is 17.6 Å². The highest BCUT2D eigenvalue weighted by molar-refractivity contribution is 5.90. The lowest BCUT2D eigenvalue weighted by Crippen LogP contribution is -2.57. The van der Waals surface area contributed by atoms with Crippen LogP contribution >= 0.6 is 0 Å². The monoisotopic (exact) mass is 1060 g/mol. The zero-order valence-electron chi connectivity index (χ0n) is 43.9. The average molecular weight is 1070 g/mol. The minimum Gasteiger partial charge on any atom is -0.453 e. The predicted molar refractivity (Wildman–Crippen MR) is 279 cm³/mol. The van der Waals surface area contributed by atoms with Gasteiger partial charge < -0.3 is 54.4 Å². The fraction of sp³-hybridized carbons (Fsp3) is 0.464. The first-order chi connectivity index (χ1) is 37.0. The molecule has 408 valence electrons. The zero-order chi connectivity index (χ0) is 54.4. The van der Waals surface area contributed by atoms with Crippen molar-refractivity contribution in [3.63, 3.8) is 0 Å². The molecule has 4 N–H and O–H groups in total. The number of H-pyrrole nitrogens is 2. The molecule has 17 nitrogen and oxygen atoms in total. The summed E-state index contributed by atoms with van der Waals surface area (Å²) in [5.74, 6) is -3.02. The van der Waals surface area contributed by atoms with Gasteiger partial charge >= 0.3 is 12.2 Å². The van der Waals surface area contributed by atoms with E-state index in [2.05, 4.69) is 20.6 Å². The van der Waals surface area contributed by atoms with Crippen molar-refractivity contribution in [1.82, 2.24) is 40.4 Å². The Kier molecular flexibility index (Phi) is 14.8. The molecule has 0 unspecified atom stereocenters. The normalized spacial score (nSPS) is 22.0. The quantitative estimate of drug-likeness (QED) is 0.0806. The number of carbonyl (C=O) groups is 4. The Hall–Kier alpha value is -7.42. The van der Waals surface area contributed by atoms with Gasteiger partial charge in [-0.05, 0) is 87.6 Å². The van der Waals surface area contributed by atoms with Crippen molar-refractivity contribution < 1.29 is 51.0 Å². The van der Waals surface area contributed by atoms with Crippen LogP contribution < -0.4 is 20.4 Å².